The van der Waals surface area contributed by atoms with Crippen molar-refractivity contribution in [2.24, 2.45) is 0 Å². The number of hydrogen-bond donors (Lipinski definition) is 2. The van der Waals surface area contributed by atoms with Crippen molar-refractivity contribution in [2.75, 3.05) is 6.54 Å². The van der Waals surface area contributed by atoms with Crippen molar-refractivity contribution in [3.63, 3.8) is 0 Å². The topological polar surface area (TPSA) is 62.2 Å². The predicted octanol–water partition coefficient (Wildman–Crippen LogP) is 1.50. The molecule has 0 aromatic carbocycles. The van der Waals surface area contributed by atoms with Crippen molar-refractivity contribution >= 4 is 11.5 Å². The second-order valence-corrected chi connectivity index (χ2v) is 3.43. The highest BCUT2D eigenvalue weighted by Crippen LogP contribution is 2.23. The number of hydrogen-bond acceptors (Lipinski definition) is 3. The van der Waals surface area contributed by atoms with Crippen LogP contribution in [0.3, 0.4) is 0 Å². The van der Waals surface area contributed by atoms with Gasteiger partial charge in [0.1, 0.15) is 0 Å². The number of rotatable bonds is 2. The lowest BCUT2D eigenvalue weighted by molar-refractivity contribution is 0.0690. The van der Waals surface area contributed by atoms with Crippen molar-refractivity contribution in [1.29, 1.82) is 0 Å². The standard InChI is InChI=1S/C11H12N2O2/c14-11(15)10-9(4-2-6-13-10)8-3-1-5-12-7-8/h2,4,6-7,12H,1,3,5H2,(H,14,15). The summed E-state index contributed by atoms with van der Waals surface area (Å²) in [5, 5.41) is 12.1. The zero-order valence-electron chi connectivity index (χ0n) is 8.23. The molecule has 2 rings (SSSR count). The molecule has 0 aliphatic carbocycles. The number of carboxylic acid groups (broad SMARTS) is 1. The second kappa shape index (κ2) is 4.13. The summed E-state index contributed by atoms with van der Waals surface area (Å²) >= 11 is 0. The molecule has 4 heteroatoms. The van der Waals surface area contributed by atoms with E-state index >= 15 is 0 Å². The maximum absolute atomic E-state index is 11.0. The average molecular weight is 204 g/mol. The van der Waals surface area contributed by atoms with Gasteiger partial charge in [0.25, 0.3) is 0 Å². The normalized spacial score (nSPS) is 15.3. The first-order chi connectivity index (χ1) is 7.29. The van der Waals surface area contributed by atoms with Gasteiger partial charge in [-0.2, -0.15) is 0 Å². The molecule has 0 amide bonds. The first-order valence-corrected chi connectivity index (χ1v) is 4.90. The lowest BCUT2D eigenvalue weighted by Gasteiger charge is -2.15. The second-order valence-electron chi connectivity index (χ2n) is 3.43. The molecule has 1 aromatic heterocycles. The van der Waals surface area contributed by atoms with E-state index in [2.05, 4.69) is 10.3 Å². The third kappa shape index (κ3) is 1.98. The number of carbonyl (C=O) groups is 1. The van der Waals surface area contributed by atoms with Crippen molar-refractivity contribution in [2.45, 2.75) is 12.8 Å². The molecule has 2 heterocycles. The van der Waals surface area contributed by atoms with E-state index in [0.717, 1.165) is 30.5 Å². The van der Waals surface area contributed by atoms with E-state index in [1.807, 2.05) is 6.20 Å². The summed E-state index contributed by atoms with van der Waals surface area (Å²) < 4.78 is 0. The smallest absolute Gasteiger partial charge is 0.355 e. The molecule has 1 aromatic rings. The molecule has 0 radical (unpaired) electrons. The zero-order chi connectivity index (χ0) is 10.7. The number of carboxylic acids is 1. The molecule has 78 valence electrons. The van der Waals surface area contributed by atoms with E-state index in [1.165, 1.54) is 6.20 Å². The fraction of sp³-hybridized carbons (Fsp3) is 0.273. The third-order valence-electron chi connectivity index (χ3n) is 2.40. The Morgan fingerprint density at radius 1 is 1.53 bits per heavy atom. The number of aromatic nitrogens is 1. The highest BCUT2D eigenvalue weighted by molar-refractivity contribution is 5.92. The Hall–Kier alpha value is -1.84. The average Bonchev–Trinajstić information content (AvgIpc) is 2.30. The Morgan fingerprint density at radius 3 is 3.07 bits per heavy atom. The Balaban J connectivity index is 2.42. The lowest BCUT2D eigenvalue weighted by atomic mass is 9.99. The summed E-state index contributed by atoms with van der Waals surface area (Å²) in [6.45, 7) is 0.951. The van der Waals surface area contributed by atoms with Crippen LogP contribution < -0.4 is 5.32 Å². The van der Waals surface area contributed by atoms with Gasteiger partial charge in [0.05, 0.1) is 0 Å². The van der Waals surface area contributed by atoms with E-state index in [0.29, 0.717) is 0 Å². The molecule has 15 heavy (non-hydrogen) atoms. The van der Waals surface area contributed by atoms with E-state index in [-0.39, 0.29) is 5.69 Å². The van der Waals surface area contributed by atoms with Crippen molar-refractivity contribution in [3.8, 4) is 0 Å². The summed E-state index contributed by atoms with van der Waals surface area (Å²) in [4.78, 5) is 14.8. The number of nitrogens with zero attached hydrogens (tertiary/aromatic N) is 1. The zero-order valence-corrected chi connectivity index (χ0v) is 8.23. The molecular weight excluding hydrogens is 192 g/mol. The minimum absolute atomic E-state index is 0.132. The van der Waals surface area contributed by atoms with Crippen LogP contribution in [-0.4, -0.2) is 22.6 Å². The SMILES string of the molecule is O=C(O)c1ncccc1C1=CNCCC1. The van der Waals surface area contributed by atoms with E-state index in [4.69, 9.17) is 5.11 Å². The van der Waals surface area contributed by atoms with Gasteiger partial charge in [0.15, 0.2) is 5.69 Å². The van der Waals surface area contributed by atoms with Gasteiger partial charge < -0.3 is 10.4 Å². The summed E-state index contributed by atoms with van der Waals surface area (Å²) in [5.74, 6) is -0.975. The third-order valence-corrected chi connectivity index (χ3v) is 2.40. The minimum atomic E-state index is -0.975. The van der Waals surface area contributed by atoms with Crippen LogP contribution in [0.2, 0.25) is 0 Å². The monoisotopic (exact) mass is 204 g/mol. The molecule has 1 aliphatic heterocycles. The fourth-order valence-corrected chi connectivity index (χ4v) is 1.70. The van der Waals surface area contributed by atoms with Gasteiger partial charge in [-0.15, -0.1) is 0 Å². The van der Waals surface area contributed by atoms with Gasteiger partial charge in [0.2, 0.25) is 0 Å². The van der Waals surface area contributed by atoms with E-state index in [1.54, 1.807) is 12.1 Å². The maximum Gasteiger partial charge on any atom is 0.355 e. The van der Waals surface area contributed by atoms with Gasteiger partial charge in [-0.25, -0.2) is 9.78 Å². The van der Waals surface area contributed by atoms with Crippen LogP contribution in [0.25, 0.3) is 5.57 Å². The van der Waals surface area contributed by atoms with Crippen molar-refractivity contribution < 1.29 is 9.90 Å². The number of pyridine rings is 1. The molecule has 0 unspecified atom stereocenters. The van der Waals surface area contributed by atoms with Crippen LogP contribution >= 0.6 is 0 Å². The highest BCUT2D eigenvalue weighted by atomic mass is 16.4. The first-order valence-electron chi connectivity index (χ1n) is 4.90. The van der Waals surface area contributed by atoms with Gasteiger partial charge in [-0.3, -0.25) is 0 Å². The van der Waals surface area contributed by atoms with Gasteiger partial charge in [0, 0.05) is 24.5 Å². The molecular formula is C11H12N2O2. The van der Waals surface area contributed by atoms with Gasteiger partial charge in [-0.05, 0) is 24.5 Å². The minimum Gasteiger partial charge on any atom is -0.476 e. The summed E-state index contributed by atoms with van der Waals surface area (Å²) in [6, 6.07) is 3.56. The molecule has 0 fully saturated rings. The molecule has 0 bridgehead atoms. The quantitative estimate of drug-likeness (QED) is 0.766. The number of nitrogens with one attached hydrogen (secondary N) is 1. The van der Waals surface area contributed by atoms with Crippen LogP contribution in [0.5, 0.6) is 0 Å². The van der Waals surface area contributed by atoms with Crippen LogP contribution in [0, 0.1) is 0 Å². The van der Waals surface area contributed by atoms with Gasteiger partial charge in [-0.1, -0.05) is 6.07 Å². The molecule has 0 atom stereocenters. The Labute approximate surface area is 87.7 Å². The van der Waals surface area contributed by atoms with Gasteiger partial charge >= 0.3 is 5.97 Å². The largest absolute Gasteiger partial charge is 0.476 e. The fourth-order valence-electron chi connectivity index (χ4n) is 1.70. The van der Waals surface area contributed by atoms with Crippen molar-refractivity contribution in [1.82, 2.24) is 10.3 Å². The first kappa shape index (κ1) is 9.71. The molecule has 2 N–H and O–H groups in total. The lowest BCUT2D eigenvalue weighted by Crippen LogP contribution is -2.15. The van der Waals surface area contributed by atoms with Crippen LogP contribution in [-0.2, 0) is 0 Å². The predicted molar refractivity (Wildman–Crippen MR) is 56.4 cm³/mol. The van der Waals surface area contributed by atoms with Crippen LogP contribution in [0.15, 0.2) is 24.5 Å². The van der Waals surface area contributed by atoms with E-state index < -0.39 is 5.97 Å². The molecule has 0 saturated carbocycles. The summed E-state index contributed by atoms with van der Waals surface area (Å²) in [6.07, 6.45) is 5.31. The Morgan fingerprint density at radius 2 is 2.40 bits per heavy atom. The van der Waals surface area contributed by atoms with Crippen LogP contribution in [0.4, 0.5) is 0 Å². The van der Waals surface area contributed by atoms with Crippen molar-refractivity contribution in [3.05, 3.63) is 35.8 Å². The maximum atomic E-state index is 11.0. The molecule has 0 spiro atoms. The summed E-state index contributed by atoms with van der Waals surface area (Å²) in [7, 11) is 0. The number of aromatic carboxylic acids is 1. The Bertz CT molecular complexity index is 413. The molecule has 4 nitrogen and oxygen atoms in total. The number of allylic oxidation sites excluding steroid dienone is 1. The summed E-state index contributed by atoms with van der Waals surface area (Å²) in [5.41, 5.74) is 1.87. The van der Waals surface area contributed by atoms with E-state index in [9.17, 15) is 4.79 Å². The Kier molecular flexibility index (Phi) is 2.67. The van der Waals surface area contributed by atoms with Crippen LogP contribution in [0.1, 0.15) is 28.9 Å². The highest BCUT2D eigenvalue weighted by Gasteiger charge is 2.15. The molecule has 0 saturated heterocycles. The molecule has 1 aliphatic rings.